The number of aromatic nitrogens is 3. The molecule has 4 heterocycles. The minimum absolute atomic E-state index is 0.126. The molecule has 7 nitrogen and oxygen atoms in total. The van der Waals surface area contributed by atoms with E-state index in [2.05, 4.69) is 9.55 Å². The summed E-state index contributed by atoms with van der Waals surface area (Å²) >= 11 is 0. The summed E-state index contributed by atoms with van der Waals surface area (Å²) in [6, 6.07) is 7.70. The van der Waals surface area contributed by atoms with E-state index >= 15 is 0 Å². The highest BCUT2D eigenvalue weighted by Gasteiger charge is 2.31. The van der Waals surface area contributed by atoms with Gasteiger partial charge in [-0.15, -0.1) is 0 Å². The van der Waals surface area contributed by atoms with Gasteiger partial charge in [-0.05, 0) is 30.7 Å². The smallest absolute Gasteiger partial charge is 0.224 e. The van der Waals surface area contributed by atoms with E-state index in [4.69, 9.17) is 14.1 Å². The number of likely N-dealkylation sites (tertiary alicyclic amines) is 1. The number of hydrogen-bond acceptors (Lipinski definition) is 5. The molecule has 1 amide bonds. The quantitative estimate of drug-likeness (QED) is 0.713. The van der Waals surface area contributed by atoms with Crippen LogP contribution in [0.1, 0.15) is 18.9 Å². The van der Waals surface area contributed by atoms with Gasteiger partial charge in [-0.3, -0.25) is 4.79 Å². The number of hydrogen-bond donors (Lipinski definition) is 0. The summed E-state index contributed by atoms with van der Waals surface area (Å²) < 4.78 is 12.7. The Labute approximate surface area is 145 Å². The van der Waals surface area contributed by atoms with Crippen LogP contribution in [0, 0.1) is 0 Å². The van der Waals surface area contributed by atoms with Crippen LogP contribution in [0.5, 0.6) is 0 Å². The molecule has 0 spiro atoms. The highest BCUT2D eigenvalue weighted by atomic mass is 16.5. The van der Waals surface area contributed by atoms with Gasteiger partial charge in [0.05, 0.1) is 25.3 Å². The fraction of sp³-hybridized carbons (Fsp3) is 0.389. The minimum atomic E-state index is 0.126. The van der Waals surface area contributed by atoms with Crippen LogP contribution in [-0.4, -0.2) is 52.1 Å². The van der Waals surface area contributed by atoms with Gasteiger partial charge in [0.2, 0.25) is 5.91 Å². The van der Waals surface area contributed by atoms with Crippen molar-refractivity contribution in [1.82, 2.24) is 19.4 Å². The number of amides is 1. The zero-order valence-corrected chi connectivity index (χ0v) is 14.1. The number of ether oxygens (including phenoxy) is 1. The van der Waals surface area contributed by atoms with Crippen molar-refractivity contribution >= 4 is 17.1 Å². The Hall–Kier alpha value is -2.67. The maximum absolute atomic E-state index is 12.3. The van der Waals surface area contributed by atoms with Gasteiger partial charge in [0.25, 0.3) is 0 Å². The van der Waals surface area contributed by atoms with Gasteiger partial charge >= 0.3 is 0 Å². The molecule has 4 rings (SSSR count). The average molecular weight is 340 g/mol. The van der Waals surface area contributed by atoms with Gasteiger partial charge in [0.1, 0.15) is 5.52 Å². The SMILES string of the molecule is COCCC(=O)N1CC[C@H](n2c(-c3ccco3)nc3cccnc32)C1. The molecule has 0 saturated carbocycles. The topological polar surface area (TPSA) is 73.4 Å². The molecule has 0 unspecified atom stereocenters. The monoisotopic (exact) mass is 340 g/mol. The van der Waals surface area contributed by atoms with E-state index in [1.807, 2.05) is 29.2 Å². The van der Waals surface area contributed by atoms with Gasteiger partial charge in [-0.1, -0.05) is 0 Å². The molecule has 25 heavy (non-hydrogen) atoms. The summed E-state index contributed by atoms with van der Waals surface area (Å²) in [6.45, 7) is 1.84. The van der Waals surface area contributed by atoms with Gasteiger partial charge in [-0.25, -0.2) is 9.97 Å². The van der Waals surface area contributed by atoms with Gasteiger partial charge in [0.15, 0.2) is 17.2 Å². The maximum Gasteiger partial charge on any atom is 0.224 e. The lowest BCUT2D eigenvalue weighted by Crippen LogP contribution is -2.29. The van der Waals surface area contributed by atoms with Gasteiger partial charge < -0.3 is 18.6 Å². The molecule has 0 radical (unpaired) electrons. The van der Waals surface area contributed by atoms with Crippen molar-refractivity contribution in [3.8, 4) is 11.6 Å². The van der Waals surface area contributed by atoms with Crippen molar-refractivity contribution in [3.63, 3.8) is 0 Å². The lowest BCUT2D eigenvalue weighted by molar-refractivity contribution is -0.131. The number of fused-ring (bicyclic) bond motifs is 1. The number of carbonyl (C=O) groups excluding carboxylic acids is 1. The second kappa shape index (κ2) is 6.68. The summed E-state index contributed by atoms with van der Waals surface area (Å²) in [5.74, 6) is 1.60. The second-order valence-electron chi connectivity index (χ2n) is 6.15. The van der Waals surface area contributed by atoms with Crippen LogP contribution in [0.3, 0.4) is 0 Å². The van der Waals surface area contributed by atoms with Crippen molar-refractivity contribution in [2.24, 2.45) is 0 Å². The second-order valence-corrected chi connectivity index (χ2v) is 6.15. The van der Waals surface area contributed by atoms with E-state index in [9.17, 15) is 4.79 Å². The molecule has 0 N–H and O–H groups in total. The normalized spacial score (nSPS) is 17.5. The summed E-state index contributed by atoms with van der Waals surface area (Å²) in [5.41, 5.74) is 1.66. The van der Waals surface area contributed by atoms with Crippen LogP contribution in [0.15, 0.2) is 41.1 Å². The molecular formula is C18H20N4O3. The molecule has 1 aliphatic heterocycles. The average Bonchev–Trinajstić information content (AvgIpc) is 3.37. The molecule has 3 aromatic heterocycles. The zero-order chi connectivity index (χ0) is 17.2. The Morgan fingerprint density at radius 2 is 2.32 bits per heavy atom. The van der Waals surface area contributed by atoms with Crippen molar-refractivity contribution < 1.29 is 13.9 Å². The summed E-state index contributed by atoms with van der Waals surface area (Å²) in [7, 11) is 1.61. The van der Waals surface area contributed by atoms with Crippen molar-refractivity contribution in [3.05, 3.63) is 36.7 Å². The molecule has 3 aromatic rings. The first-order chi connectivity index (χ1) is 12.3. The molecule has 7 heteroatoms. The highest BCUT2D eigenvalue weighted by Crippen LogP contribution is 2.32. The first-order valence-corrected chi connectivity index (χ1v) is 8.41. The lowest BCUT2D eigenvalue weighted by Gasteiger charge is -2.18. The number of rotatable bonds is 5. The zero-order valence-electron chi connectivity index (χ0n) is 14.1. The summed E-state index contributed by atoms with van der Waals surface area (Å²) in [4.78, 5) is 23.4. The summed E-state index contributed by atoms with van der Waals surface area (Å²) in [5, 5.41) is 0. The Balaban J connectivity index is 1.67. The number of imidazole rings is 1. The maximum atomic E-state index is 12.3. The number of methoxy groups -OCH3 is 1. The van der Waals surface area contributed by atoms with Crippen LogP contribution in [0.4, 0.5) is 0 Å². The molecule has 0 bridgehead atoms. The van der Waals surface area contributed by atoms with Crippen molar-refractivity contribution in [2.45, 2.75) is 18.9 Å². The van der Waals surface area contributed by atoms with E-state index in [0.29, 0.717) is 25.3 Å². The Bertz CT molecular complexity index is 872. The van der Waals surface area contributed by atoms with E-state index in [1.165, 1.54) is 0 Å². The van der Waals surface area contributed by atoms with Crippen molar-refractivity contribution in [1.29, 1.82) is 0 Å². The standard InChI is InChI=1S/C18H20N4O3/c1-24-11-7-16(23)21-9-6-13(12-21)22-17-14(4-2-8-19-17)20-18(22)15-5-3-10-25-15/h2-5,8,10,13H,6-7,9,11-12H2,1H3/t13-/m0/s1. The predicted molar refractivity (Wildman–Crippen MR) is 92.0 cm³/mol. The number of pyridine rings is 1. The van der Waals surface area contributed by atoms with Crippen LogP contribution in [0.25, 0.3) is 22.7 Å². The van der Waals surface area contributed by atoms with Crippen LogP contribution < -0.4 is 0 Å². The molecular weight excluding hydrogens is 320 g/mol. The Morgan fingerprint density at radius 3 is 3.12 bits per heavy atom. The van der Waals surface area contributed by atoms with Crippen molar-refractivity contribution in [2.75, 3.05) is 26.8 Å². The first kappa shape index (κ1) is 15.8. The van der Waals surface area contributed by atoms with Crippen LogP contribution >= 0.6 is 0 Å². The molecule has 0 aliphatic carbocycles. The van der Waals surface area contributed by atoms with Crippen LogP contribution in [-0.2, 0) is 9.53 Å². The largest absolute Gasteiger partial charge is 0.461 e. The number of nitrogens with zero attached hydrogens (tertiary/aromatic N) is 4. The fourth-order valence-electron chi connectivity index (χ4n) is 3.38. The minimum Gasteiger partial charge on any atom is -0.461 e. The third-order valence-corrected chi connectivity index (χ3v) is 4.59. The number of furan rings is 1. The third kappa shape index (κ3) is 2.91. The molecule has 1 atom stereocenters. The van der Waals surface area contributed by atoms with Crippen LogP contribution in [0.2, 0.25) is 0 Å². The van der Waals surface area contributed by atoms with E-state index < -0.39 is 0 Å². The lowest BCUT2D eigenvalue weighted by atomic mass is 10.2. The fourth-order valence-corrected chi connectivity index (χ4v) is 3.38. The molecule has 1 saturated heterocycles. The molecule has 1 aliphatic rings. The molecule has 0 aromatic carbocycles. The van der Waals surface area contributed by atoms with Gasteiger partial charge in [-0.2, -0.15) is 0 Å². The predicted octanol–water partition coefficient (Wildman–Crippen LogP) is 2.50. The molecule has 130 valence electrons. The Morgan fingerprint density at radius 1 is 1.40 bits per heavy atom. The van der Waals surface area contributed by atoms with E-state index in [1.54, 1.807) is 19.6 Å². The van der Waals surface area contributed by atoms with E-state index in [-0.39, 0.29) is 11.9 Å². The third-order valence-electron chi connectivity index (χ3n) is 4.59. The number of carbonyl (C=O) groups is 1. The highest BCUT2D eigenvalue weighted by molar-refractivity contribution is 5.78. The van der Waals surface area contributed by atoms with E-state index in [0.717, 1.165) is 30.0 Å². The van der Waals surface area contributed by atoms with Gasteiger partial charge in [0, 0.05) is 26.4 Å². The summed E-state index contributed by atoms with van der Waals surface area (Å²) in [6.07, 6.45) is 4.69. The molecule has 1 fully saturated rings. The first-order valence-electron chi connectivity index (χ1n) is 8.41. The Kier molecular flexibility index (Phi) is 4.23.